The number of fused-ring (bicyclic) bond motifs is 1. The van der Waals surface area contributed by atoms with Crippen LogP contribution in [0, 0.1) is 0 Å². The summed E-state index contributed by atoms with van der Waals surface area (Å²) in [5.74, 6) is 0.611. The molecular weight excluding hydrogens is 358 g/mol. The second-order valence-corrected chi connectivity index (χ2v) is 6.81. The Kier molecular flexibility index (Phi) is 4.88. The topological polar surface area (TPSA) is 95.7 Å². The van der Waals surface area contributed by atoms with Gasteiger partial charge in [0, 0.05) is 50.8 Å². The number of likely N-dealkylation sites (N-methyl/N-ethyl adjacent to an activating group) is 1. The van der Waals surface area contributed by atoms with Gasteiger partial charge in [0.25, 0.3) is 5.91 Å². The third-order valence-electron chi connectivity index (χ3n) is 5.02. The van der Waals surface area contributed by atoms with Gasteiger partial charge in [0.1, 0.15) is 5.82 Å². The van der Waals surface area contributed by atoms with Crippen LogP contribution in [0.5, 0.6) is 0 Å². The molecule has 2 amide bonds. The minimum absolute atomic E-state index is 0.0623. The molecule has 4 heterocycles. The number of likely N-dealkylation sites (tertiary alicyclic amines) is 1. The van der Waals surface area contributed by atoms with Crippen molar-refractivity contribution in [1.29, 1.82) is 0 Å². The molecular formula is C19H21N7O2. The second-order valence-electron chi connectivity index (χ2n) is 6.81. The zero-order chi connectivity index (χ0) is 19.5. The molecule has 28 heavy (non-hydrogen) atoms. The lowest BCUT2D eigenvalue weighted by Gasteiger charge is -2.20. The van der Waals surface area contributed by atoms with E-state index in [1.807, 2.05) is 12.3 Å². The lowest BCUT2D eigenvalue weighted by Crippen LogP contribution is -2.35. The van der Waals surface area contributed by atoms with Crippen molar-refractivity contribution in [2.75, 3.05) is 25.5 Å². The summed E-state index contributed by atoms with van der Waals surface area (Å²) in [4.78, 5) is 35.6. The highest BCUT2D eigenvalue weighted by Crippen LogP contribution is 2.17. The highest BCUT2D eigenvalue weighted by Gasteiger charge is 2.29. The maximum Gasteiger partial charge on any atom is 0.255 e. The van der Waals surface area contributed by atoms with E-state index in [0.29, 0.717) is 31.0 Å². The number of hydrogen-bond donors (Lipinski definition) is 1. The van der Waals surface area contributed by atoms with E-state index in [0.717, 1.165) is 24.0 Å². The van der Waals surface area contributed by atoms with Crippen molar-refractivity contribution in [1.82, 2.24) is 29.4 Å². The van der Waals surface area contributed by atoms with Gasteiger partial charge < -0.3 is 15.1 Å². The van der Waals surface area contributed by atoms with Gasteiger partial charge in [-0.2, -0.15) is 5.10 Å². The molecule has 0 aromatic carbocycles. The van der Waals surface area contributed by atoms with Crippen molar-refractivity contribution in [3.05, 3.63) is 54.1 Å². The van der Waals surface area contributed by atoms with Crippen molar-refractivity contribution >= 4 is 23.8 Å². The van der Waals surface area contributed by atoms with Crippen LogP contribution in [0.1, 0.15) is 22.3 Å². The number of carbonyl (C=O) groups excluding carboxylic acids is 2. The Morgan fingerprint density at radius 1 is 1.36 bits per heavy atom. The SMILES string of the molecule is CN(C=O)[C@H]1CCN(C(=O)c2ccc(NCc3cnn4cccnc34)nc2)C1. The largest absolute Gasteiger partial charge is 0.366 e. The summed E-state index contributed by atoms with van der Waals surface area (Å²) in [6.45, 7) is 1.73. The lowest BCUT2D eigenvalue weighted by atomic mass is 10.2. The number of aromatic nitrogens is 4. The molecule has 1 aliphatic heterocycles. The average molecular weight is 379 g/mol. The molecule has 0 unspecified atom stereocenters. The normalized spacial score (nSPS) is 16.3. The predicted molar refractivity (Wildman–Crippen MR) is 103 cm³/mol. The molecule has 3 aromatic heterocycles. The van der Waals surface area contributed by atoms with Crippen LogP contribution in [-0.2, 0) is 11.3 Å². The number of pyridine rings is 1. The molecule has 0 bridgehead atoms. The van der Waals surface area contributed by atoms with Crippen LogP contribution >= 0.6 is 0 Å². The molecule has 1 N–H and O–H groups in total. The molecule has 3 aromatic rings. The van der Waals surface area contributed by atoms with Crippen molar-refractivity contribution in [3.63, 3.8) is 0 Å². The first-order valence-electron chi connectivity index (χ1n) is 9.09. The molecule has 4 rings (SSSR count). The number of rotatable bonds is 6. The molecule has 0 aliphatic carbocycles. The zero-order valence-electron chi connectivity index (χ0n) is 15.5. The smallest absolute Gasteiger partial charge is 0.255 e. The number of nitrogens with one attached hydrogen (secondary N) is 1. The van der Waals surface area contributed by atoms with Gasteiger partial charge in [-0.15, -0.1) is 0 Å². The van der Waals surface area contributed by atoms with Crippen LogP contribution in [0.3, 0.4) is 0 Å². The molecule has 144 valence electrons. The zero-order valence-corrected chi connectivity index (χ0v) is 15.5. The van der Waals surface area contributed by atoms with E-state index in [1.54, 1.807) is 52.1 Å². The van der Waals surface area contributed by atoms with E-state index >= 15 is 0 Å². The van der Waals surface area contributed by atoms with Gasteiger partial charge in [-0.1, -0.05) is 0 Å². The van der Waals surface area contributed by atoms with Crippen molar-refractivity contribution in [3.8, 4) is 0 Å². The predicted octanol–water partition coefficient (Wildman–Crippen LogP) is 1.04. The van der Waals surface area contributed by atoms with E-state index < -0.39 is 0 Å². The van der Waals surface area contributed by atoms with Gasteiger partial charge >= 0.3 is 0 Å². The number of hydrogen-bond acceptors (Lipinski definition) is 6. The van der Waals surface area contributed by atoms with Crippen LogP contribution in [0.25, 0.3) is 5.65 Å². The van der Waals surface area contributed by atoms with Crippen molar-refractivity contribution in [2.24, 2.45) is 0 Å². The van der Waals surface area contributed by atoms with E-state index in [1.165, 1.54) is 0 Å². The lowest BCUT2D eigenvalue weighted by molar-refractivity contribution is -0.118. The molecule has 9 heteroatoms. The summed E-state index contributed by atoms with van der Waals surface area (Å²) in [5.41, 5.74) is 2.30. The first kappa shape index (κ1) is 17.9. The van der Waals surface area contributed by atoms with E-state index in [2.05, 4.69) is 20.4 Å². The minimum Gasteiger partial charge on any atom is -0.366 e. The van der Waals surface area contributed by atoms with Crippen LogP contribution < -0.4 is 5.32 Å². The molecule has 1 saturated heterocycles. The molecule has 1 aliphatic rings. The van der Waals surface area contributed by atoms with Crippen LogP contribution in [0.15, 0.2) is 43.0 Å². The third kappa shape index (κ3) is 3.51. The van der Waals surface area contributed by atoms with Gasteiger partial charge in [0.2, 0.25) is 6.41 Å². The molecule has 0 saturated carbocycles. The van der Waals surface area contributed by atoms with Gasteiger partial charge in [-0.05, 0) is 24.6 Å². The summed E-state index contributed by atoms with van der Waals surface area (Å²) < 4.78 is 1.72. The van der Waals surface area contributed by atoms with E-state index in [4.69, 9.17) is 0 Å². The quantitative estimate of drug-likeness (QED) is 0.643. The summed E-state index contributed by atoms with van der Waals surface area (Å²) in [7, 11) is 1.74. The van der Waals surface area contributed by atoms with Crippen LogP contribution in [0.2, 0.25) is 0 Å². The van der Waals surface area contributed by atoms with Gasteiger partial charge in [-0.25, -0.2) is 14.5 Å². The summed E-state index contributed by atoms with van der Waals surface area (Å²) in [6, 6.07) is 5.46. The molecule has 0 radical (unpaired) electrons. The number of nitrogens with zero attached hydrogens (tertiary/aromatic N) is 6. The fourth-order valence-electron chi connectivity index (χ4n) is 3.34. The monoisotopic (exact) mass is 379 g/mol. The Labute approximate surface area is 162 Å². The maximum absolute atomic E-state index is 12.6. The van der Waals surface area contributed by atoms with Crippen LogP contribution in [0.4, 0.5) is 5.82 Å². The first-order valence-corrected chi connectivity index (χ1v) is 9.09. The average Bonchev–Trinajstić information content (AvgIpc) is 3.39. The minimum atomic E-state index is -0.0623. The highest BCUT2D eigenvalue weighted by molar-refractivity contribution is 5.94. The molecule has 1 atom stereocenters. The Hall–Kier alpha value is -3.49. The van der Waals surface area contributed by atoms with Crippen molar-refractivity contribution < 1.29 is 9.59 Å². The fraction of sp³-hybridized carbons (Fsp3) is 0.316. The van der Waals surface area contributed by atoms with E-state index in [-0.39, 0.29) is 11.9 Å². The standard InChI is InChI=1S/C19H21N7O2/c1-24(13-27)16-5-8-25(12-16)19(28)14-3-4-17(21-9-14)22-10-15-11-23-26-7-2-6-20-18(15)26/h2-4,6-7,9,11,13,16H,5,8,10,12H2,1H3,(H,21,22)/t16-/m0/s1. The third-order valence-corrected chi connectivity index (χ3v) is 5.02. The second kappa shape index (κ2) is 7.63. The Morgan fingerprint density at radius 3 is 3.04 bits per heavy atom. The van der Waals surface area contributed by atoms with E-state index in [9.17, 15) is 9.59 Å². The Balaban J connectivity index is 1.37. The Morgan fingerprint density at radius 2 is 2.25 bits per heavy atom. The number of amides is 2. The maximum atomic E-state index is 12.6. The summed E-state index contributed by atoms with van der Waals surface area (Å²) in [6.07, 6.45) is 8.53. The number of carbonyl (C=O) groups is 2. The fourth-order valence-corrected chi connectivity index (χ4v) is 3.34. The summed E-state index contributed by atoms with van der Waals surface area (Å²) >= 11 is 0. The van der Waals surface area contributed by atoms with Gasteiger partial charge in [0.15, 0.2) is 5.65 Å². The molecule has 1 fully saturated rings. The molecule has 9 nitrogen and oxygen atoms in total. The highest BCUT2D eigenvalue weighted by atomic mass is 16.2. The van der Waals surface area contributed by atoms with Gasteiger partial charge in [-0.3, -0.25) is 9.59 Å². The van der Waals surface area contributed by atoms with Crippen molar-refractivity contribution in [2.45, 2.75) is 19.0 Å². The molecule has 0 spiro atoms. The first-order chi connectivity index (χ1) is 13.7. The summed E-state index contributed by atoms with van der Waals surface area (Å²) in [5, 5.41) is 7.48. The Bertz CT molecular complexity index is 985. The van der Waals surface area contributed by atoms with Crippen LogP contribution in [-0.4, -0.2) is 67.9 Å². The number of anilines is 1. The van der Waals surface area contributed by atoms with Gasteiger partial charge in [0.05, 0.1) is 17.8 Å².